The Morgan fingerprint density at radius 3 is 1.20 bits per heavy atom. The summed E-state index contributed by atoms with van der Waals surface area (Å²) < 4.78 is 23.1. The van der Waals surface area contributed by atoms with Gasteiger partial charge in [-0.15, -0.1) is 0 Å². The van der Waals surface area contributed by atoms with Crippen molar-refractivity contribution in [1.82, 2.24) is 0 Å². The summed E-state index contributed by atoms with van der Waals surface area (Å²) in [7, 11) is 0. The molecule has 0 N–H and O–H groups in total. The number of ether oxygens (including phenoxy) is 4. The molecule has 2 aliphatic rings. The van der Waals surface area contributed by atoms with Gasteiger partial charge in [-0.3, -0.25) is 14.8 Å². The van der Waals surface area contributed by atoms with Crippen LogP contribution >= 0.6 is 0 Å². The molecule has 0 atom stereocenters. The van der Waals surface area contributed by atoms with Gasteiger partial charge in [0.2, 0.25) is 11.8 Å². The van der Waals surface area contributed by atoms with Gasteiger partial charge in [-0.25, -0.2) is 0 Å². The predicted octanol–water partition coefficient (Wildman–Crippen LogP) is 6.84. The standard InChI is InChI=1S/C33H28N2O5/c36-31(23-3-11-27(12-4-23)39-29-15-7-25(8-16-29)32-34-19-1-21-37-32)24-5-13-28(14-6-24)40-30-17-9-26(10-18-30)33-35-20-2-22-38-33/h3-18H,1-2,19-22H2. The van der Waals surface area contributed by atoms with Crippen LogP contribution in [0.2, 0.25) is 0 Å². The highest BCUT2D eigenvalue weighted by Gasteiger charge is 2.12. The first-order valence-electron chi connectivity index (χ1n) is 13.4. The number of benzene rings is 4. The fourth-order valence-corrected chi connectivity index (χ4v) is 4.39. The number of carbonyl (C=O) groups excluding carboxylic acids is 1. The average molecular weight is 533 g/mol. The van der Waals surface area contributed by atoms with Crippen LogP contribution in [-0.4, -0.2) is 43.9 Å². The molecule has 4 aromatic rings. The number of hydrogen-bond donors (Lipinski definition) is 0. The van der Waals surface area contributed by atoms with Crippen LogP contribution < -0.4 is 9.47 Å². The fourth-order valence-electron chi connectivity index (χ4n) is 4.39. The number of rotatable bonds is 8. The number of carbonyl (C=O) groups is 1. The van der Waals surface area contributed by atoms with Crippen molar-refractivity contribution in [3.05, 3.63) is 119 Å². The van der Waals surface area contributed by atoms with E-state index in [9.17, 15) is 4.79 Å². The first-order chi connectivity index (χ1) is 19.7. The van der Waals surface area contributed by atoms with Crippen molar-refractivity contribution in [2.75, 3.05) is 26.3 Å². The molecule has 0 saturated carbocycles. The smallest absolute Gasteiger partial charge is 0.216 e. The summed E-state index contributed by atoms with van der Waals surface area (Å²) in [4.78, 5) is 21.9. The van der Waals surface area contributed by atoms with E-state index in [0.717, 1.165) is 37.1 Å². The van der Waals surface area contributed by atoms with E-state index in [1.165, 1.54) is 0 Å². The molecule has 0 saturated heterocycles. The Balaban J connectivity index is 1.05. The van der Waals surface area contributed by atoms with Crippen molar-refractivity contribution >= 4 is 17.6 Å². The third-order valence-corrected chi connectivity index (χ3v) is 6.50. The molecular formula is C33H28N2O5. The Kier molecular flexibility index (Phi) is 7.53. The molecule has 200 valence electrons. The molecule has 0 radical (unpaired) electrons. The molecule has 40 heavy (non-hydrogen) atoms. The minimum absolute atomic E-state index is 0.0756. The van der Waals surface area contributed by atoms with E-state index < -0.39 is 0 Å². The summed E-state index contributed by atoms with van der Waals surface area (Å²) in [6.45, 7) is 2.97. The molecule has 2 heterocycles. The lowest BCUT2D eigenvalue weighted by atomic mass is 10.0. The van der Waals surface area contributed by atoms with Crippen molar-refractivity contribution < 1.29 is 23.7 Å². The maximum Gasteiger partial charge on any atom is 0.216 e. The molecule has 2 aliphatic heterocycles. The van der Waals surface area contributed by atoms with Crippen LogP contribution in [0.25, 0.3) is 0 Å². The summed E-state index contributed by atoms with van der Waals surface area (Å²) in [5.74, 6) is 3.96. The van der Waals surface area contributed by atoms with Crippen LogP contribution in [0, 0.1) is 0 Å². The van der Waals surface area contributed by atoms with Crippen LogP contribution in [-0.2, 0) is 9.47 Å². The quantitative estimate of drug-likeness (QED) is 0.232. The fraction of sp³-hybridized carbons (Fsp3) is 0.182. The lowest BCUT2D eigenvalue weighted by molar-refractivity contribution is 0.103. The Morgan fingerprint density at radius 2 is 0.875 bits per heavy atom. The van der Waals surface area contributed by atoms with E-state index in [1.54, 1.807) is 48.5 Å². The predicted molar refractivity (Wildman–Crippen MR) is 153 cm³/mol. The summed E-state index contributed by atoms with van der Waals surface area (Å²) in [6, 6.07) is 29.5. The second-order valence-electron chi connectivity index (χ2n) is 9.41. The maximum absolute atomic E-state index is 13.0. The Morgan fingerprint density at radius 1 is 0.525 bits per heavy atom. The van der Waals surface area contributed by atoms with Crippen molar-refractivity contribution in [3.63, 3.8) is 0 Å². The molecule has 0 bridgehead atoms. The third kappa shape index (κ3) is 6.04. The number of aliphatic imine (C=N–C) groups is 2. The third-order valence-electron chi connectivity index (χ3n) is 6.50. The van der Waals surface area contributed by atoms with Gasteiger partial charge in [0, 0.05) is 48.2 Å². The topological polar surface area (TPSA) is 78.7 Å². The monoisotopic (exact) mass is 532 g/mol. The highest BCUT2D eigenvalue weighted by molar-refractivity contribution is 6.09. The number of ketones is 1. The lowest BCUT2D eigenvalue weighted by Crippen LogP contribution is -2.14. The average Bonchev–Trinajstić information content (AvgIpc) is 3.03. The molecule has 0 amide bonds. The first kappa shape index (κ1) is 25.4. The first-order valence-corrected chi connectivity index (χ1v) is 13.4. The lowest BCUT2D eigenvalue weighted by Gasteiger charge is -2.14. The van der Waals surface area contributed by atoms with E-state index in [1.807, 2.05) is 48.5 Å². The zero-order valence-electron chi connectivity index (χ0n) is 21.9. The maximum atomic E-state index is 13.0. The van der Waals surface area contributed by atoms with E-state index in [-0.39, 0.29) is 5.78 Å². The van der Waals surface area contributed by atoms with Crippen molar-refractivity contribution in [1.29, 1.82) is 0 Å². The number of hydrogen-bond acceptors (Lipinski definition) is 7. The van der Waals surface area contributed by atoms with E-state index >= 15 is 0 Å². The van der Waals surface area contributed by atoms with Gasteiger partial charge < -0.3 is 18.9 Å². The van der Waals surface area contributed by atoms with Crippen molar-refractivity contribution in [2.24, 2.45) is 9.98 Å². The van der Waals surface area contributed by atoms with E-state index in [2.05, 4.69) is 9.98 Å². The molecule has 7 heteroatoms. The van der Waals surface area contributed by atoms with Gasteiger partial charge >= 0.3 is 0 Å². The molecule has 0 aromatic heterocycles. The summed E-state index contributed by atoms with van der Waals surface area (Å²) in [6.07, 6.45) is 1.90. The van der Waals surface area contributed by atoms with Crippen molar-refractivity contribution in [2.45, 2.75) is 12.8 Å². The highest BCUT2D eigenvalue weighted by atomic mass is 16.5. The number of nitrogens with zero attached hydrogens (tertiary/aromatic N) is 2. The SMILES string of the molecule is O=C(c1ccc(Oc2ccc(C3=NCCCO3)cc2)cc1)c1ccc(Oc2ccc(C3=NCCCO3)cc2)cc1. The zero-order chi connectivity index (χ0) is 27.1. The molecule has 0 unspecified atom stereocenters. The van der Waals surface area contributed by atoms with Gasteiger partial charge in [0.1, 0.15) is 23.0 Å². The minimum Gasteiger partial charge on any atom is -0.477 e. The normalized spacial score (nSPS) is 14.7. The molecule has 7 nitrogen and oxygen atoms in total. The van der Waals surface area contributed by atoms with Gasteiger partial charge in [0.25, 0.3) is 0 Å². The molecule has 6 rings (SSSR count). The second-order valence-corrected chi connectivity index (χ2v) is 9.41. The Labute approximate surface area is 232 Å². The van der Waals surface area contributed by atoms with Crippen LogP contribution in [0.4, 0.5) is 0 Å². The van der Waals surface area contributed by atoms with Crippen LogP contribution in [0.3, 0.4) is 0 Å². The summed E-state index contributed by atoms with van der Waals surface area (Å²) in [5.41, 5.74) is 3.02. The molecule has 0 fully saturated rings. The highest BCUT2D eigenvalue weighted by Crippen LogP contribution is 2.26. The summed E-state index contributed by atoms with van der Waals surface area (Å²) >= 11 is 0. The molecule has 0 spiro atoms. The van der Waals surface area contributed by atoms with Gasteiger partial charge in [-0.1, -0.05) is 0 Å². The van der Waals surface area contributed by atoms with Crippen LogP contribution in [0.15, 0.2) is 107 Å². The van der Waals surface area contributed by atoms with Gasteiger partial charge in [0.15, 0.2) is 5.78 Å². The second kappa shape index (κ2) is 11.9. The van der Waals surface area contributed by atoms with Crippen LogP contribution in [0.5, 0.6) is 23.0 Å². The molecule has 4 aromatic carbocycles. The van der Waals surface area contributed by atoms with E-state index in [0.29, 0.717) is 59.1 Å². The van der Waals surface area contributed by atoms with Crippen LogP contribution in [0.1, 0.15) is 39.9 Å². The Bertz CT molecular complexity index is 1410. The Hall–Kier alpha value is -4.91. The summed E-state index contributed by atoms with van der Waals surface area (Å²) in [5, 5.41) is 0. The molecule has 0 aliphatic carbocycles. The van der Waals surface area contributed by atoms with E-state index in [4.69, 9.17) is 18.9 Å². The zero-order valence-corrected chi connectivity index (χ0v) is 21.9. The van der Waals surface area contributed by atoms with Crippen molar-refractivity contribution in [3.8, 4) is 23.0 Å². The largest absolute Gasteiger partial charge is 0.477 e. The minimum atomic E-state index is -0.0756. The van der Waals surface area contributed by atoms with Gasteiger partial charge in [0.05, 0.1) is 13.2 Å². The van der Waals surface area contributed by atoms with Gasteiger partial charge in [-0.2, -0.15) is 0 Å². The molecular weight excluding hydrogens is 504 g/mol. The van der Waals surface area contributed by atoms with Gasteiger partial charge in [-0.05, 0) is 97.1 Å².